The van der Waals surface area contributed by atoms with E-state index in [0.29, 0.717) is 38.0 Å². The number of rotatable bonds is 5. The van der Waals surface area contributed by atoms with Gasteiger partial charge in [0.25, 0.3) is 0 Å². The van der Waals surface area contributed by atoms with E-state index in [1.165, 1.54) is 11.3 Å². The van der Waals surface area contributed by atoms with Gasteiger partial charge in [0.15, 0.2) is 10.8 Å². The first-order chi connectivity index (χ1) is 10.1. The van der Waals surface area contributed by atoms with Gasteiger partial charge < -0.3 is 19.7 Å². The Labute approximate surface area is 127 Å². The number of hydrogen-bond donors (Lipinski definition) is 1. The first kappa shape index (κ1) is 15.7. The first-order valence-electron chi connectivity index (χ1n) is 6.87. The van der Waals surface area contributed by atoms with Gasteiger partial charge in [0.2, 0.25) is 5.91 Å². The Morgan fingerprint density at radius 2 is 2.24 bits per heavy atom. The monoisotopic (exact) mass is 313 g/mol. The molecule has 1 atom stereocenters. The van der Waals surface area contributed by atoms with E-state index in [1.807, 2.05) is 0 Å². The quantitative estimate of drug-likeness (QED) is 0.816. The van der Waals surface area contributed by atoms with Crippen molar-refractivity contribution in [2.75, 3.05) is 38.2 Å². The first-order valence-corrected chi connectivity index (χ1v) is 7.75. The van der Waals surface area contributed by atoms with E-state index in [0.717, 1.165) is 0 Å². The topological polar surface area (TPSA) is 80.8 Å². The van der Waals surface area contributed by atoms with Crippen molar-refractivity contribution in [3.05, 3.63) is 11.1 Å². The molecule has 0 saturated carbocycles. The van der Waals surface area contributed by atoms with Gasteiger partial charge in [0.1, 0.15) is 6.04 Å². The Kier molecular flexibility index (Phi) is 5.51. The molecule has 1 aliphatic heterocycles. The minimum absolute atomic E-state index is 0.00573. The highest BCUT2D eigenvalue weighted by atomic mass is 32.1. The van der Waals surface area contributed by atoms with Gasteiger partial charge in [0.05, 0.1) is 19.8 Å². The molecule has 1 unspecified atom stereocenters. The lowest BCUT2D eigenvalue weighted by Gasteiger charge is -2.29. The number of carbonyl (C=O) groups is 2. The maximum Gasteiger partial charge on any atom is 0.357 e. The number of amides is 1. The summed E-state index contributed by atoms with van der Waals surface area (Å²) in [7, 11) is 0. The van der Waals surface area contributed by atoms with Crippen molar-refractivity contribution in [3.8, 4) is 0 Å². The van der Waals surface area contributed by atoms with Crippen LogP contribution in [0.2, 0.25) is 0 Å². The molecule has 0 spiro atoms. The second-order valence-corrected chi connectivity index (χ2v) is 5.42. The van der Waals surface area contributed by atoms with Crippen molar-refractivity contribution < 1.29 is 19.1 Å². The fraction of sp³-hybridized carbons (Fsp3) is 0.615. The SMILES string of the molecule is CCOC(=O)c1csc(NC(C)C(=O)N2CCOCC2)n1. The zero-order chi connectivity index (χ0) is 15.2. The predicted molar refractivity (Wildman–Crippen MR) is 78.6 cm³/mol. The average molecular weight is 313 g/mol. The van der Waals surface area contributed by atoms with Crippen LogP contribution in [-0.2, 0) is 14.3 Å². The fourth-order valence-corrected chi connectivity index (χ4v) is 2.71. The molecule has 2 rings (SSSR count). The van der Waals surface area contributed by atoms with Gasteiger partial charge >= 0.3 is 5.97 Å². The Balaban J connectivity index is 1.91. The summed E-state index contributed by atoms with van der Waals surface area (Å²) in [5.74, 6) is -0.444. The average Bonchev–Trinajstić information content (AvgIpc) is 2.96. The van der Waals surface area contributed by atoms with E-state index in [4.69, 9.17) is 9.47 Å². The van der Waals surface area contributed by atoms with Crippen molar-refractivity contribution in [3.63, 3.8) is 0 Å². The number of carbonyl (C=O) groups excluding carboxylic acids is 2. The molecule has 116 valence electrons. The van der Waals surface area contributed by atoms with Crippen molar-refractivity contribution in [1.29, 1.82) is 0 Å². The van der Waals surface area contributed by atoms with Crippen molar-refractivity contribution in [2.45, 2.75) is 19.9 Å². The molecule has 1 aromatic heterocycles. The molecule has 7 nitrogen and oxygen atoms in total. The number of esters is 1. The van der Waals surface area contributed by atoms with E-state index in [2.05, 4.69) is 10.3 Å². The summed E-state index contributed by atoms with van der Waals surface area (Å²) in [5, 5.41) is 5.18. The third-order valence-corrected chi connectivity index (χ3v) is 3.80. The number of thiazole rings is 1. The third kappa shape index (κ3) is 4.15. The molecule has 1 saturated heterocycles. The minimum atomic E-state index is -0.450. The van der Waals surface area contributed by atoms with Gasteiger partial charge in [0, 0.05) is 18.5 Å². The minimum Gasteiger partial charge on any atom is -0.461 e. The number of anilines is 1. The lowest BCUT2D eigenvalue weighted by atomic mass is 10.2. The molecule has 0 aliphatic carbocycles. The standard InChI is InChI=1S/C13H19N3O4S/c1-3-20-12(18)10-8-21-13(15-10)14-9(2)11(17)16-4-6-19-7-5-16/h8-9H,3-7H2,1-2H3,(H,14,15). The van der Waals surface area contributed by atoms with E-state index in [1.54, 1.807) is 24.1 Å². The molecular formula is C13H19N3O4S. The summed E-state index contributed by atoms with van der Waals surface area (Å²) < 4.78 is 10.1. The van der Waals surface area contributed by atoms with Crippen LogP contribution in [0.1, 0.15) is 24.3 Å². The molecule has 0 aromatic carbocycles. The largest absolute Gasteiger partial charge is 0.461 e. The van der Waals surface area contributed by atoms with Gasteiger partial charge in [-0.3, -0.25) is 4.79 Å². The highest BCUT2D eigenvalue weighted by Crippen LogP contribution is 2.17. The molecule has 8 heteroatoms. The van der Waals surface area contributed by atoms with Gasteiger partial charge in [-0.25, -0.2) is 9.78 Å². The number of morpholine rings is 1. The van der Waals surface area contributed by atoms with E-state index in [9.17, 15) is 9.59 Å². The fourth-order valence-electron chi connectivity index (χ4n) is 1.94. The lowest BCUT2D eigenvalue weighted by molar-refractivity contribution is -0.135. The van der Waals surface area contributed by atoms with Crippen LogP contribution in [0.25, 0.3) is 0 Å². The molecule has 0 bridgehead atoms. The van der Waals surface area contributed by atoms with Crippen LogP contribution in [-0.4, -0.2) is 60.7 Å². The van der Waals surface area contributed by atoms with Crippen LogP contribution >= 0.6 is 11.3 Å². The maximum atomic E-state index is 12.2. The summed E-state index contributed by atoms with van der Waals surface area (Å²) in [5.41, 5.74) is 0.260. The van der Waals surface area contributed by atoms with Crippen LogP contribution < -0.4 is 5.32 Å². The number of ether oxygens (including phenoxy) is 2. The van der Waals surface area contributed by atoms with Crippen LogP contribution in [0.4, 0.5) is 5.13 Å². The predicted octanol–water partition coefficient (Wildman–Crippen LogP) is 0.979. The molecule has 2 heterocycles. The molecule has 1 aliphatic rings. The highest BCUT2D eigenvalue weighted by Gasteiger charge is 2.23. The summed E-state index contributed by atoms with van der Waals surface area (Å²) >= 11 is 1.28. The molecule has 1 N–H and O–H groups in total. The second kappa shape index (κ2) is 7.37. The molecule has 1 fully saturated rings. The number of nitrogens with zero attached hydrogens (tertiary/aromatic N) is 2. The van der Waals surface area contributed by atoms with Gasteiger partial charge in [-0.05, 0) is 13.8 Å². The van der Waals surface area contributed by atoms with Crippen LogP contribution in [0.5, 0.6) is 0 Å². The number of aromatic nitrogens is 1. The molecule has 1 aromatic rings. The van der Waals surface area contributed by atoms with Crippen molar-refractivity contribution in [1.82, 2.24) is 9.88 Å². The zero-order valence-electron chi connectivity index (χ0n) is 12.1. The van der Waals surface area contributed by atoms with E-state index < -0.39 is 12.0 Å². The normalized spacial score (nSPS) is 16.4. The third-order valence-electron chi connectivity index (χ3n) is 3.02. The summed E-state index contributed by atoms with van der Waals surface area (Å²) in [6.45, 7) is 6.19. The lowest BCUT2D eigenvalue weighted by Crippen LogP contribution is -2.46. The van der Waals surface area contributed by atoms with Crippen molar-refractivity contribution in [2.24, 2.45) is 0 Å². The highest BCUT2D eigenvalue weighted by molar-refractivity contribution is 7.13. The number of hydrogen-bond acceptors (Lipinski definition) is 7. The van der Waals surface area contributed by atoms with Gasteiger partial charge in [-0.15, -0.1) is 11.3 Å². The zero-order valence-corrected chi connectivity index (χ0v) is 12.9. The molecule has 1 amide bonds. The van der Waals surface area contributed by atoms with Gasteiger partial charge in [-0.2, -0.15) is 0 Å². The Morgan fingerprint density at radius 1 is 1.52 bits per heavy atom. The van der Waals surface area contributed by atoms with Crippen LogP contribution in [0, 0.1) is 0 Å². The Morgan fingerprint density at radius 3 is 2.90 bits per heavy atom. The molecular weight excluding hydrogens is 294 g/mol. The Hall–Kier alpha value is -1.67. The second-order valence-electron chi connectivity index (χ2n) is 4.56. The summed E-state index contributed by atoms with van der Waals surface area (Å²) in [6.07, 6.45) is 0. The van der Waals surface area contributed by atoms with Crippen LogP contribution in [0.3, 0.4) is 0 Å². The van der Waals surface area contributed by atoms with Gasteiger partial charge in [-0.1, -0.05) is 0 Å². The Bertz CT molecular complexity index is 499. The number of nitrogens with one attached hydrogen (secondary N) is 1. The van der Waals surface area contributed by atoms with Crippen LogP contribution in [0.15, 0.2) is 5.38 Å². The van der Waals surface area contributed by atoms with E-state index in [-0.39, 0.29) is 11.6 Å². The van der Waals surface area contributed by atoms with E-state index >= 15 is 0 Å². The molecule has 21 heavy (non-hydrogen) atoms. The maximum absolute atomic E-state index is 12.2. The van der Waals surface area contributed by atoms with Crippen molar-refractivity contribution >= 4 is 28.3 Å². The summed E-state index contributed by atoms with van der Waals surface area (Å²) in [4.78, 5) is 29.7. The molecule has 0 radical (unpaired) electrons. The smallest absolute Gasteiger partial charge is 0.357 e. The summed E-state index contributed by atoms with van der Waals surface area (Å²) in [6, 6.07) is -0.399.